The van der Waals surface area contributed by atoms with Crippen LogP contribution in [0.5, 0.6) is 0 Å². The molecule has 0 aromatic carbocycles. The van der Waals surface area contributed by atoms with Crippen LogP contribution in [-0.4, -0.2) is 24.9 Å². The summed E-state index contributed by atoms with van der Waals surface area (Å²) in [6, 6.07) is 0. The lowest BCUT2D eigenvalue weighted by Crippen LogP contribution is -2.33. The van der Waals surface area contributed by atoms with Crippen LogP contribution in [0.2, 0.25) is 0 Å². The van der Waals surface area contributed by atoms with Crippen molar-refractivity contribution < 1.29 is 9.59 Å². The molecule has 0 atom stereocenters. The van der Waals surface area contributed by atoms with Gasteiger partial charge in [-0.2, -0.15) is 0 Å². The first-order chi connectivity index (χ1) is 14.7. The minimum Gasteiger partial charge on any atom is -0.343 e. The largest absolute Gasteiger partial charge is 0.343 e. The molecule has 0 heterocycles. The van der Waals surface area contributed by atoms with Gasteiger partial charge in [-0.05, 0) is 24.7 Å². The van der Waals surface area contributed by atoms with Crippen LogP contribution in [0.25, 0.3) is 0 Å². The van der Waals surface area contributed by atoms with E-state index < -0.39 is 0 Å². The number of carbonyl (C=O) groups is 2. The molecule has 0 radical (unpaired) electrons. The van der Waals surface area contributed by atoms with Gasteiger partial charge in [0.2, 0.25) is 0 Å². The minimum atomic E-state index is -0.280. The lowest BCUT2D eigenvalue weighted by Gasteiger charge is -2.01. The normalized spacial score (nSPS) is 9.80. The lowest BCUT2D eigenvalue weighted by atomic mass is 10.1. The Balaban J connectivity index is 3.53. The first-order valence-electron chi connectivity index (χ1n) is 12.2. The van der Waals surface area contributed by atoms with E-state index in [4.69, 9.17) is 0 Å². The Kier molecular flexibility index (Phi) is 21.8. The van der Waals surface area contributed by atoms with E-state index in [1.165, 1.54) is 77.0 Å². The second-order valence-corrected chi connectivity index (χ2v) is 7.86. The van der Waals surface area contributed by atoms with Crippen molar-refractivity contribution >= 4 is 11.8 Å². The van der Waals surface area contributed by atoms with Gasteiger partial charge < -0.3 is 10.6 Å². The Labute approximate surface area is 185 Å². The van der Waals surface area contributed by atoms with E-state index in [-0.39, 0.29) is 11.8 Å². The van der Waals surface area contributed by atoms with Crippen molar-refractivity contribution in [3.8, 4) is 23.7 Å². The van der Waals surface area contributed by atoms with Gasteiger partial charge in [-0.15, -0.1) is 0 Å². The fourth-order valence-electron chi connectivity index (χ4n) is 3.07. The molecule has 0 saturated heterocycles. The molecule has 4 nitrogen and oxygen atoms in total. The number of rotatable bonds is 17. The first-order valence-corrected chi connectivity index (χ1v) is 12.2. The van der Waals surface area contributed by atoms with E-state index in [9.17, 15) is 9.59 Å². The monoisotopic (exact) mass is 416 g/mol. The molecule has 0 aliphatic carbocycles. The Bertz CT molecular complexity index is 499. The number of nitrogens with one attached hydrogen (secondary N) is 2. The van der Waals surface area contributed by atoms with Gasteiger partial charge in [-0.25, -0.2) is 0 Å². The third-order valence-electron chi connectivity index (χ3n) is 4.91. The molecule has 0 saturated carbocycles. The molecular formula is C26H44N2O2. The molecule has 0 aromatic heterocycles. The van der Waals surface area contributed by atoms with Crippen LogP contribution in [0.1, 0.15) is 117 Å². The highest BCUT2D eigenvalue weighted by Gasteiger charge is 1.97. The highest BCUT2D eigenvalue weighted by molar-refractivity contribution is 5.94. The van der Waals surface area contributed by atoms with Crippen molar-refractivity contribution in [2.45, 2.75) is 117 Å². The Morgan fingerprint density at radius 3 is 1.23 bits per heavy atom. The second kappa shape index (κ2) is 23.3. The molecule has 4 heteroatoms. The molecule has 0 unspecified atom stereocenters. The van der Waals surface area contributed by atoms with Crippen molar-refractivity contribution in [2.75, 3.05) is 13.1 Å². The summed E-state index contributed by atoms with van der Waals surface area (Å²) in [4.78, 5) is 23.2. The summed E-state index contributed by atoms with van der Waals surface area (Å²) in [5.74, 6) is 10.5. The topological polar surface area (TPSA) is 58.2 Å². The Hall–Kier alpha value is -1.94. The minimum absolute atomic E-state index is 0.280. The van der Waals surface area contributed by atoms with E-state index in [0.717, 1.165) is 25.7 Å². The molecule has 0 bridgehead atoms. The quantitative estimate of drug-likeness (QED) is 0.243. The average molecular weight is 417 g/mol. The zero-order valence-corrected chi connectivity index (χ0v) is 19.5. The first kappa shape index (κ1) is 28.1. The van der Waals surface area contributed by atoms with Crippen LogP contribution in [-0.2, 0) is 9.59 Å². The van der Waals surface area contributed by atoms with Crippen LogP contribution >= 0.6 is 0 Å². The van der Waals surface area contributed by atoms with Crippen LogP contribution in [0.15, 0.2) is 0 Å². The van der Waals surface area contributed by atoms with Gasteiger partial charge in [0.1, 0.15) is 0 Å². The molecule has 170 valence electrons. The summed E-state index contributed by atoms with van der Waals surface area (Å²) in [5, 5.41) is 5.39. The number of unbranched alkanes of at least 4 members (excludes halogenated alkanes) is 14. The van der Waals surface area contributed by atoms with Crippen LogP contribution in [0.4, 0.5) is 0 Å². The van der Waals surface area contributed by atoms with Gasteiger partial charge in [0, 0.05) is 25.9 Å². The van der Waals surface area contributed by atoms with Gasteiger partial charge in [0.05, 0.1) is 0 Å². The molecule has 0 fully saturated rings. The maximum atomic E-state index is 11.6. The summed E-state index contributed by atoms with van der Waals surface area (Å²) < 4.78 is 0. The Morgan fingerprint density at radius 1 is 0.533 bits per heavy atom. The number of carbonyl (C=O) groups excluding carboxylic acids is 2. The molecule has 2 amide bonds. The van der Waals surface area contributed by atoms with Crippen LogP contribution < -0.4 is 10.6 Å². The van der Waals surface area contributed by atoms with E-state index in [0.29, 0.717) is 13.1 Å². The van der Waals surface area contributed by atoms with Gasteiger partial charge in [0.25, 0.3) is 11.8 Å². The molecule has 30 heavy (non-hydrogen) atoms. The van der Waals surface area contributed by atoms with Gasteiger partial charge in [-0.1, -0.05) is 103 Å². The standard InChI is InChI=1S/C26H44N2O2/c1-3-5-7-9-11-13-15-17-19-21-25(29)27-23-24-28-26(30)22-20-18-16-14-12-10-8-6-4-2/h3-18,23-24H2,1-2H3,(H,27,29)(H,28,30). The maximum Gasteiger partial charge on any atom is 0.295 e. The molecular weight excluding hydrogens is 372 g/mol. The Morgan fingerprint density at radius 2 is 0.867 bits per heavy atom. The van der Waals surface area contributed by atoms with Gasteiger partial charge in [-0.3, -0.25) is 9.59 Å². The van der Waals surface area contributed by atoms with E-state index in [2.05, 4.69) is 48.2 Å². The summed E-state index contributed by atoms with van der Waals surface area (Å²) in [6.07, 6.45) is 19.0. The van der Waals surface area contributed by atoms with Gasteiger partial charge >= 0.3 is 0 Å². The molecule has 0 aliphatic rings. The summed E-state index contributed by atoms with van der Waals surface area (Å²) >= 11 is 0. The highest BCUT2D eigenvalue weighted by atomic mass is 16.2. The van der Waals surface area contributed by atoms with Crippen molar-refractivity contribution in [1.29, 1.82) is 0 Å². The third-order valence-corrected chi connectivity index (χ3v) is 4.91. The maximum absolute atomic E-state index is 11.6. The summed E-state index contributed by atoms with van der Waals surface area (Å²) in [7, 11) is 0. The lowest BCUT2D eigenvalue weighted by molar-refractivity contribution is -0.117. The third kappa shape index (κ3) is 22.4. The molecule has 2 N–H and O–H groups in total. The van der Waals surface area contributed by atoms with Crippen molar-refractivity contribution in [1.82, 2.24) is 10.6 Å². The van der Waals surface area contributed by atoms with Crippen molar-refractivity contribution in [2.24, 2.45) is 0 Å². The smallest absolute Gasteiger partial charge is 0.295 e. The van der Waals surface area contributed by atoms with E-state index >= 15 is 0 Å². The summed E-state index contributed by atoms with van der Waals surface area (Å²) in [5.41, 5.74) is 0. The fraction of sp³-hybridized carbons (Fsp3) is 0.769. The number of hydrogen-bond donors (Lipinski definition) is 2. The number of amides is 2. The highest BCUT2D eigenvalue weighted by Crippen LogP contribution is 2.08. The predicted octanol–water partition coefficient (Wildman–Crippen LogP) is 5.51. The molecule has 0 spiro atoms. The second-order valence-electron chi connectivity index (χ2n) is 7.86. The fourth-order valence-corrected chi connectivity index (χ4v) is 3.07. The predicted molar refractivity (Wildman–Crippen MR) is 127 cm³/mol. The summed E-state index contributed by atoms with van der Waals surface area (Å²) in [6.45, 7) is 5.19. The molecule has 0 rings (SSSR count). The zero-order chi connectivity index (χ0) is 22.1. The molecule has 0 aromatic rings. The molecule has 0 aliphatic heterocycles. The van der Waals surface area contributed by atoms with Crippen LogP contribution in [0.3, 0.4) is 0 Å². The van der Waals surface area contributed by atoms with Gasteiger partial charge in [0.15, 0.2) is 0 Å². The van der Waals surface area contributed by atoms with Crippen LogP contribution in [0, 0.1) is 23.7 Å². The van der Waals surface area contributed by atoms with E-state index in [1.807, 2.05) is 0 Å². The SMILES string of the molecule is CCCCCCCCCC#CC(=O)NCCNC(=O)C#CCCCCCCCCC. The van der Waals surface area contributed by atoms with Crippen molar-refractivity contribution in [3.05, 3.63) is 0 Å². The zero-order valence-electron chi connectivity index (χ0n) is 19.5. The van der Waals surface area contributed by atoms with E-state index in [1.54, 1.807) is 0 Å². The van der Waals surface area contributed by atoms with Crippen molar-refractivity contribution in [3.63, 3.8) is 0 Å². The number of hydrogen-bond acceptors (Lipinski definition) is 2. The average Bonchev–Trinajstić information content (AvgIpc) is 2.74.